The first-order valence-corrected chi connectivity index (χ1v) is 9.97. The van der Waals surface area contributed by atoms with E-state index < -0.39 is 0 Å². The van der Waals surface area contributed by atoms with Crippen molar-refractivity contribution in [1.82, 2.24) is 19.9 Å². The molecule has 1 aliphatic rings. The Hall–Kier alpha value is -3.58. The summed E-state index contributed by atoms with van der Waals surface area (Å²) in [7, 11) is 0. The number of halogens is 1. The summed E-state index contributed by atoms with van der Waals surface area (Å²) in [4.78, 5) is 10.9. The van der Waals surface area contributed by atoms with Crippen LogP contribution in [-0.4, -0.2) is 19.6 Å². The third-order valence-electron chi connectivity index (χ3n) is 5.21. The number of anilines is 1. The van der Waals surface area contributed by atoms with Crippen molar-refractivity contribution in [2.75, 3.05) is 4.90 Å². The van der Waals surface area contributed by atoms with Crippen LogP contribution in [0.15, 0.2) is 91.5 Å². The highest BCUT2D eigenvalue weighted by Gasteiger charge is 2.42. The number of nitrogens with one attached hydrogen (secondary N) is 1. The fraction of sp³-hybridized carbons (Fsp3) is 0.0870. The second kappa shape index (κ2) is 7.68. The van der Waals surface area contributed by atoms with E-state index in [1.807, 2.05) is 53.7 Å². The van der Waals surface area contributed by atoms with Gasteiger partial charge in [-0.05, 0) is 72.9 Å². The number of benzene rings is 1. The fourth-order valence-electron chi connectivity index (χ4n) is 3.90. The minimum absolute atomic E-state index is 0.172. The van der Waals surface area contributed by atoms with Gasteiger partial charge in [0.15, 0.2) is 5.11 Å². The first-order valence-electron chi connectivity index (χ1n) is 9.56. The fourth-order valence-corrected chi connectivity index (χ4v) is 4.25. The third kappa shape index (κ3) is 3.23. The van der Waals surface area contributed by atoms with Crippen LogP contribution < -0.4 is 10.2 Å². The van der Waals surface area contributed by atoms with Gasteiger partial charge in [0.1, 0.15) is 11.9 Å². The standard InChI is InChI=1S/C23H18FN5S/c24-16-8-10-17(11-9-16)29-22(21(27-23(29)30)19-6-1-2-13-26-19)20-7-4-14-28(20)18-5-3-12-25-15-18/h1-15,21-22H,(H,27,30). The van der Waals surface area contributed by atoms with Crippen molar-refractivity contribution >= 4 is 23.0 Å². The Morgan fingerprint density at radius 2 is 1.77 bits per heavy atom. The zero-order valence-corrected chi connectivity index (χ0v) is 16.7. The van der Waals surface area contributed by atoms with Gasteiger partial charge in [0.2, 0.25) is 0 Å². The number of nitrogens with zero attached hydrogens (tertiary/aromatic N) is 4. The monoisotopic (exact) mass is 415 g/mol. The lowest BCUT2D eigenvalue weighted by Gasteiger charge is -2.29. The van der Waals surface area contributed by atoms with Gasteiger partial charge in [-0.3, -0.25) is 9.97 Å². The van der Waals surface area contributed by atoms with Crippen molar-refractivity contribution in [2.24, 2.45) is 0 Å². The van der Waals surface area contributed by atoms with Crippen molar-refractivity contribution in [3.8, 4) is 5.69 Å². The smallest absolute Gasteiger partial charge is 0.174 e. The molecule has 5 nitrogen and oxygen atoms in total. The van der Waals surface area contributed by atoms with Crippen LogP contribution >= 0.6 is 12.2 Å². The summed E-state index contributed by atoms with van der Waals surface area (Å²) in [5, 5.41) is 3.99. The topological polar surface area (TPSA) is 46.0 Å². The Bertz CT molecular complexity index is 1160. The van der Waals surface area contributed by atoms with Crippen LogP contribution in [0.5, 0.6) is 0 Å². The maximum absolute atomic E-state index is 13.6. The molecule has 4 aromatic rings. The summed E-state index contributed by atoms with van der Waals surface area (Å²) in [6, 6.07) is 19.9. The molecule has 1 N–H and O–H groups in total. The zero-order valence-electron chi connectivity index (χ0n) is 15.9. The Labute approximate surface area is 178 Å². The van der Waals surface area contributed by atoms with Gasteiger partial charge in [-0.2, -0.15) is 0 Å². The average molecular weight is 415 g/mol. The molecule has 0 amide bonds. The van der Waals surface area contributed by atoms with Crippen LogP contribution in [0, 0.1) is 5.82 Å². The summed E-state index contributed by atoms with van der Waals surface area (Å²) in [6.07, 6.45) is 7.35. The maximum atomic E-state index is 13.6. The molecule has 7 heteroatoms. The predicted molar refractivity (Wildman–Crippen MR) is 118 cm³/mol. The van der Waals surface area contributed by atoms with Gasteiger partial charge in [0.05, 0.1) is 23.6 Å². The van der Waals surface area contributed by atoms with E-state index in [-0.39, 0.29) is 17.9 Å². The molecule has 30 heavy (non-hydrogen) atoms. The number of hydrogen-bond donors (Lipinski definition) is 1. The normalized spacial score (nSPS) is 18.4. The number of pyridine rings is 2. The molecule has 5 rings (SSSR count). The van der Waals surface area contributed by atoms with Crippen LogP contribution in [-0.2, 0) is 0 Å². The van der Waals surface area contributed by atoms with E-state index in [0.717, 1.165) is 22.8 Å². The van der Waals surface area contributed by atoms with Crippen LogP contribution in [0.25, 0.3) is 5.69 Å². The number of aromatic nitrogens is 3. The molecular weight excluding hydrogens is 397 g/mol. The van der Waals surface area contributed by atoms with Crippen LogP contribution in [0.4, 0.5) is 10.1 Å². The van der Waals surface area contributed by atoms with Crippen LogP contribution in [0.2, 0.25) is 0 Å². The largest absolute Gasteiger partial charge is 0.351 e. The molecule has 0 bridgehead atoms. The van der Waals surface area contributed by atoms with E-state index in [1.165, 1.54) is 12.1 Å². The molecule has 1 saturated heterocycles. The zero-order chi connectivity index (χ0) is 20.5. The van der Waals surface area contributed by atoms with E-state index in [0.29, 0.717) is 5.11 Å². The Morgan fingerprint density at radius 3 is 2.50 bits per heavy atom. The average Bonchev–Trinajstić information content (AvgIpc) is 3.40. The van der Waals surface area contributed by atoms with E-state index in [1.54, 1.807) is 24.5 Å². The van der Waals surface area contributed by atoms with Crippen molar-refractivity contribution in [2.45, 2.75) is 12.1 Å². The summed E-state index contributed by atoms with van der Waals surface area (Å²) in [6.45, 7) is 0. The van der Waals surface area contributed by atoms with Gasteiger partial charge in [-0.15, -0.1) is 0 Å². The Morgan fingerprint density at radius 1 is 0.900 bits per heavy atom. The summed E-state index contributed by atoms with van der Waals surface area (Å²) < 4.78 is 15.7. The molecule has 0 radical (unpaired) electrons. The molecule has 1 aromatic carbocycles. The van der Waals surface area contributed by atoms with Gasteiger partial charge in [-0.1, -0.05) is 6.07 Å². The van der Waals surface area contributed by atoms with Crippen LogP contribution in [0.3, 0.4) is 0 Å². The second-order valence-electron chi connectivity index (χ2n) is 6.99. The lowest BCUT2D eigenvalue weighted by Crippen LogP contribution is -2.30. The molecule has 1 aliphatic heterocycles. The van der Waals surface area contributed by atoms with E-state index in [2.05, 4.69) is 25.9 Å². The van der Waals surface area contributed by atoms with Crippen LogP contribution in [0.1, 0.15) is 23.5 Å². The SMILES string of the molecule is Fc1ccc(N2C(=S)NC(c3ccccn3)C2c2cccn2-c2cccnc2)cc1. The molecule has 3 aromatic heterocycles. The number of thiocarbonyl (C=S) groups is 1. The number of hydrogen-bond acceptors (Lipinski definition) is 3. The molecule has 2 atom stereocenters. The second-order valence-corrected chi connectivity index (χ2v) is 7.37. The summed E-state index contributed by atoms with van der Waals surface area (Å²) >= 11 is 5.72. The molecule has 2 unspecified atom stereocenters. The van der Waals surface area contributed by atoms with E-state index >= 15 is 0 Å². The minimum Gasteiger partial charge on any atom is -0.351 e. The number of rotatable bonds is 4. The van der Waals surface area contributed by atoms with Gasteiger partial charge >= 0.3 is 0 Å². The van der Waals surface area contributed by atoms with Crippen molar-refractivity contribution in [3.63, 3.8) is 0 Å². The Kier molecular flexibility index (Phi) is 4.72. The molecule has 4 heterocycles. The quantitative estimate of drug-likeness (QED) is 0.494. The lowest BCUT2D eigenvalue weighted by molar-refractivity contribution is 0.549. The molecule has 0 aliphatic carbocycles. The van der Waals surface area contributed by atoms with Gasteiger partial charge in [0, 0.05) is 30.0 Å². The molecule has 148 valence electrons. The van der Waals surface area contributed by atoms with Crippen molar-refractivity contribution in [3.05, 3.63) is 109 Å². The summed E-state index contributed by atoms with van der Waals surface area (Å²) in [5.41, 5.74) is 3.68. The Balaban J connectivity index is 1.67. The highest BCUT2D eigenvalue weighted by Crippen LogP contribution is 2.42. The first-order chi connectivity index (χ1) is 14.7. The third-order valence-corrected chi connectivity index (χ3v) is 5.52. The van der Waals surface area contributed by atoms with E-state index in [4.69, 9.17) is 12.2 Å². The predicted octanol–water partition coefficient (Wildman–Crippen LogP) is 4.58. The molecule has 1 fully saturated rings. The molecular formula is C23H18FN5S. The first kappa shape index (κ1) is 18.4. The molecule has 0 spiro atoms. The highest BCUT2D eigenvalue weighted by atomic mass is 32.1. The molecule has 0 saturated carbocycles. The van der Waals surface area contributed by atoms with Gasteiger partial charge < -0.3 is 14.8 Å². The van der Waals surface area contributed by atoms with Crippen molar-refractivity contribution in [1.29, 1.82) is 0 Å². The van der Waals surface area contributed by atoms with Gasteiger partial charge in [0.25, 0.3) is 0 Å². The lowest BCUT2D eigenvalue weighted by atomic mass is 10.0. The van der Waals surface area contributed by atoms with Crippen molar-refractivity contribution < 1.29 is 4.39 Å². The maximum Gasteiger partial charge on any atom is 0.174 e. The van der Waals surface area contributed by atoms with Gasteiger partial charge in [-0.25, -0.2) is 4.39 Å². The highest BCUT2D eigenvalue weighted by molar-refractivity contribution is 7.80. The summed E-state index contributed by atoms with van der Waals surface area (Å²) in [5.74, 6) is -0.284. The van der Waals surface area contributed by atoms with E-state index in [9.17, 15) is 4.39 Å². The minimum atomic E-state index is -0.284.